The lowest BCUT2D eigenvalue weighted by atomic mass is 10.2. The molecule has 4 heteroatoms. The van der Waals surface area contributed by atoms with Crippen LogP contribution in [0.5, 0.6) is 0 Å². The fourth-order valence-corrected chi connectivity index (χ4v) is 2.03. The van der Waals surface area contributed by atoms with E-state index in [4.69, 9.17) is 16.7 Å². The van der Waals surface area contributed by atoms with Crippen molar-refractivity contribution in [2.75, 3.05) is 18.5 Å². The lowest BCUT2D eigenvalue weighted by Crippen LogP contribution is -2.21. The predicted molar refractivity (Wildman–Crippen MR) is 64.0 cm³/mol. The van der Waals surface area contributed by atoms with E-state index in [9.17, 15) is 4.79 Å². The second-order valence-corrected chi connectivity index (χ2v) is 4.73. The second-order valence-electron chi connectivity index (χ2n) is 4.30. The van der Waals surface area contributed by atoms with E-state index in [1.807, 2.05) is 31.3 Å². The first-order valence-corrected chi connectivity index (χ1v) is 5.65. The summed E-state index contributed by atoms with van der Waals surface area (Å²) in [6.45, 7) is 0.790. The molecular formula is C12H14ClNO2. The maximum atomic E-state index is 10.7. The molecule has 1 aromatic rings. The fourth-order valence-electron chi connectivity index (χ4n) is 1.90. The van der Waals surface area contributed by atoms with Crippen LogP contribution in [0.4, 0.5) is 5.69 Å². The van der Waals surface area contributed by atoms with Crippen LogP contribution in [0.3, 0.4) is 0 Å². The molecule has 16 heavy (non-hydrogen) atoms. The molecule has 1 aliphatic carbocycles. The summed E-state index contributed by atoms with van der Waals surface area (Å²) in [4.78, 5) is 12.8. The highest BCUT2D eigenvalue weighted by Gasteiger charge is 2.43. The molecular weight excluding hydrogens is 226 g/mol. The number of rotatable bonds is 4. The van der Waals surface area contributed by atoms with Crippen LogP contribution in [0, 0.1) is 11.8 Å². The minimum atomic E-state index is -0.672. The zero-order chi connectivity index (χ0) is 11.7. The summed E-state index contributed by atoms with van der Waals surface area (Å²) in [6, 6.07) is 7.57. The summed E-state index contributed by atoms with van der Waals surface area (Å²) in [6.07, 6.45) is 0.799. The third-order valence-corrected chi connectivity index (χ3v) is 3.27. The number of hydrogen-bond donors (Lipinski definition) is 1. The Bertz CT molecular complexity index is 391. The highest BCUT2D eigenvalue weighted by atomic mass is 35.5. The van der Waals surface area contributed by atoms with E-state index in [2.05, 4.69) is 4.90 Å². The molecule has 0 amide bonds. The van der Waals surface area contributed by atoms with Gasteiger partial charge in [-0.25, -0.2) is 0 Å². The molecule has 1 fully saturated rings. The Labute approximate surface area is 99.6 Å². The van der Waals surface area contributed by atoms with Crippen LogP contribution in [0.15, 0.2) is 24.3 Å². The van der Waals surface area contributed by atoms with Crippen LogP contribution in [0.25, 0.3) is 0 Å². The fraction of sp³-hybridized carbons (Fsp3) is 0.417. The topological polar surface area (TPSA) is 40.5 Å². The Kier molecular flexibility index (Phi) is 3.06. The van der Waals surface area contributed by atoms with Crippen LogP contribution in [-0.2, 0) is 4.79 Å². The summed E-state index contributed by atoms with van der Waals surface area (Å²) in [7, 11) is 1.97. The molecule has 1 N–H and O–H groups in total. The van der Waals surface area contributed by atoms with Crippen molar-refractivity contribution in [3.8, 4) is 0 Å². The monoisotopic (exact) mass is 239 g/mol. The molecule has 2 rings (SSSR count). The average Bonchev–Trinajstić information content (AvgIpc) is 2.98. The van der Waals surface area contributed by atoms with Gasteiger partial charge in [-0.05, 0) is 36.6 Å². The van der Waals surface area contributed by atoms with Gasteiger partial charge in [0.25, 0.3) is 0 Å². The summed E-state index contributed by atoms with van der Waals surface area (Å²) in [5, 5.41) is 9.52. The van der Waals surface area contributed by atoms with Crippen molar-refractivity contribution in [2.45, 2.75) is 6.42 Å². The van der Waals surface area contributed by atoms with Gasteiger partial charge >= 0.3 is 5.97 Å². The molecule has 0 saturated heterocycles. The maximum absolute atomic E-state index is 10.7. The third-order valence-electron chi connectivity index (χ3n) is 3.02. The van der Waals surface area contributed by atoms with Gasteiger partial charge in [-0.15, -0.1) is 0 Å². The largest absolute Gasteiger partial charge is 0.481 e. The predicted octanol–water partition coefficient (Wildman–Crippen LogP) is 2.50. The highest BCUT2D eigenvalue weighted by Crippen LogP contribution is 2.39. The molecule has 0 heterocycles. The number of aliphatic carboxylic acids is 1. The molecule has 2 atom stereocenters. The number of carboxylic acid groups (broad SMARTS) is 1. The molecule has 0 bridgehead atoms. The standard InChI is InChI=1S/C12H14ClNO2/c1-14(7-8-6-11(8)12(15)16)10-4-2-9(13)3-5-10/h2-5,8,11H,6-7H2,1H3,(H,15,16). The first kappa shape index (κ1) is 11.3. The van der Waals surface area contributed by atoms with E-state index in [-0.39, 0.29) is 11.8 Å². The number of nitrogens with zero attached hydrogens (tertiary/aromatic N) is 1. The van der Waals surface area contributed by atoms with Gasteiger partial charge in [-0.2, -0.15) is 0 Å². The normalized spacial score (nSPS) is 22.9. The Balaban J connectivity index is 1.92. The van der Waals surface area contributed by atoms with Gasteiger partial charge < -0.3 is 10.0 Å². The van der Waals surface area contributed by atoms with Gasteiger partial charge in [0, 0.05) is 24.3 Å². The first-order chi connectivity index (χ1) is 7.58. The number of anilines is 1. The van der Waals surface area contributed by atoms with Crippen molar-refractivity contribution in [1.82, 2.24) is 0 Å². The number of carboxylic acids is 1. The van der Waals surface area contributed by atoms with E-state index in [1.165, 1.54) is 0 Å². The maximum Gasteiger partial charge on any atom is 0.306 e. The zero-order valence-corrected chi connectivity index (χ0v) is 9.81. The Hall–Kier alpha value is -1.22. The molecule has 3 nitrogen and oxygen atoms in total. The third kappa shape index (κ3) is 2.47. The summed E-state index contributed by atoms with van der Waals surface area (Å²) in [5.74, 6) is -0.526. The van der Waals surface area contributed by atoms with Gasteiger partial charge in [0.15, 0.2) is 0 Å². The second kappa shape index (κ2) is 4.34. The quantitative estimate of drug-likeness (QED) is 0.878. The van der Waals surface area contributed by atoms with Gasteiger partial charge in [0.1, 0.15) is 0 Å². The SMILES string of the molecule is CN(CC1CC1C(=O)O)c1ccc(Cl)cc1. The van der Waals surface area contributed by atoms with E-state index in [0.717, 1.165) is 18.7 Å². The summed E-state index contributed by atoms with van der Waals surface area (Å²) >= 11 is 5.80. The van der Waals surface area contributed by atoms with Gasteiger partial charge in [0.05, 0.1) is 5.92 Å². The summed E-state index contributed by atoms with van der Waals surface area (Å²) in [5.41, 5.74) is 1.07. The zero-order valence-electron chi connectivity index (χ0n) is 9.06. The van der Waals surface area contributed by atoms with Crippen LogP contribution in [0.2, 0.25) is 5.02 Å². The van der Waals surface area contributed by atoms with Gasteiger partial charge in [-0.1, -0.05) is 11.6 Å². The molecule has 1 aliphatic rings. The molecule has 1 aromatic carbocycles. The Morgan fingerprint density at radius 1 is 1.50 bits per heavy atom. The van der Waals surface area contributed by atoms with Crippen molar-refractivity contribution >= 4 is 23.3 Å². The number of benzene rings is 1. The summed E-state index contributed by atoms with van der Waals surface area (Å²) < 4.78 is 0. The molecule has 0 spiro atoms. The minimum Gasteiger partial charge on any atom is -0.481 e. The lowest BCUT2D eigenvalue weighted by molar-refractivity contribution is -0.138. The smallest absolute Gasteiger partial charge is 0.306 e. The lowest BCUT2D eigenvalue weighted by Gasteiger charge is -2.19. The van der Waals surface area contributed by atoms with E-state index in [1.54, 1.807) is 0 Å². The molecule has 0 aliphatic heterocycles. The molecule has 0 radical (unpaired) electrons. The van der Waals surface area contributed by atoms with Crippen LogP contribution < -0.4 is 4.90 Å². The average molecular weight is 240 g/mol. The van der Waals surface area contributed by atoms with Gasteiger partial charge in [-0.3, -0.25) is 4.79 Å². The Morgan fingerprint density at radius 3 is 2.62 bits per heavy atom. The number of carbonyl (C=O) groups is 1. The van der Waals surface area contributed by atoms with Crippen LogP contribution in [0.1, 0.15) is 6.42 Å². The van der Waals surface area contributed by atoms with E-state index in [0.29, 0.717) is 5.02 Å². The molecule has 0 aromatic heterocycles. The molecule has 86 valence electrons. The van der Waals surface area contributed by atoms with Crippen molar-refractivity contribution in [3.05, 3.63) is 29.3 Å². The molecule has 1 saturated carbocycles. The highest BCUT2D eigenvalue weighted by molar-refractivity contribution is 6.30. The van der Waals surface area contributed by atoms with Crippen molar-refractivity contribution in [1.29, 1.82) is 0 Å². The van der Waals surface area contributed by atoms with Crippen molar-refractivity contribution < 1.29 is 9.90 Å². The van der Waals surface area contributed by atoms with Crippen molar-refractivity contribution in [2.24, 2.45) is 11.8 Å². The first-order valence-electron chi connectivity index (χ1n) is 5.27. The van der Waals surface area contributed by atoms with E-state index < -0.39 is 5.97 Å². The van der Waals surface area contributed by atoms with Crippen LogP contribution in [-0.4, -0.2) is 24.7 Å². The van der Waals surface area contributed by atoms with Crippen LogP contribution >= 0.6 is 11.6 Å². The van der Waals surface area contributed by atoms with E-state index >= 15 is 0 Å². The van der Waals surface area contributed by atoms with Gasteiger partial charge in [0.2, 0.25) is 0 Å². The Morgan fingerprint density at radius 2 is 2.12 bits per heavy atom. The number of hydrogen-bond acceptors (Lipinski definition) is 2. The molecule has 2 unspecified atom stereocenters. The minimum absolute atomic E-state index is 0.144. The number of halogens is 1. The van der Waals surface area contributed by atoms with Crippen molar-refractivity contribution in [3.63, 3.8) is 0 Å².